The second kappa shape index (κ2) is 9.62. The third kappa shape index (κ3) is 4.17. The van der Waals surface area contributed by atoms with E-state index in [4.69, 9.17) is 10.7 Å². The van der Waals surface area contributed by atoms with Gasteiger partial charge in [0.25, 0.3) is 5.91 Å². The van der Waals surface area contributed by atoms with Gasteiger partial charge in [0, 0.05) is 47.1 Å². The second-order valence-corrected chi connectivity index (χ2v) is 12.8. The number of sulfone groups is 1. The summed E-state index contributed by atoms with van der Waals surface area (Å²) in [7, 11) is -3.79. The molecule has 2 fully saturated rings. The van der Waals surface area contributed by atoms with E-state index in [1.165, 1.54) is 17.0 Å². The van der Waals surface area contributed by atoms with Gasteiger partial charge in [0.2, 0.25) is 5.82 Å². The summed E-state index contributed by atoms with van der Waals surface area (Å²) >= 11 is 0. The van der Waals surface area contributed by atoms with Gasteiger partial charge >= 0.3 is 0 Å². The number of carbonyl (C=O) groups excluding carboxylic acids is 1. The van der Waals surface area contributed by atoms with Crippen LogP contribution in [0, 0.1) is 0 Å². The van der Waals surface area contributed by atoms with E-state index in [1.54, 1.807) is 12.3 Å². The van der Waals surface area contributed by atoms with Crippen LogP contribution in [-0.4, -0.2) is 77.4 Å². The van der Waals surface area contributed by atoms with Gasteiger partial charge in [0.1, 0.15) is 28.5 Å². The molecule has 4 N–H and O–H groups in total. The van der Waals surface area contributed by atoms with Crippen LogP contribution in [0.2, 0.25) is 0 Å². The smallest absolute Gasteiger partial charge is 0.292 e. The van der Waals surface area contributed by atoms with Crippen LogP contribution in [0.3, 0.4) is 0 Å². The number of benzene rings is 1. The van der Waals surface area contributed by atoms with Gasteiger partial charge in [-0.05, 0) is 31.7 Å². The SMILES string of the molecule is CS(=O)(=O)c1c([C@@H]2C[C@H]3CC[C@@H](C2)N3C(=O)c2nnc[nH]2)nc2c(-c3cnc(-c4ccccc4)c(O)c3)cnn2c1N. The molecule has 7 rings (SSSR count). The van der Waals surface area contributed by atoms with Crippen molar-refractivity contribution in [3.05, 3.63) is 66.6 Å². The molecule has 13 nitrogen and oxygen atoms in total. The summed E-state index contributed by atoms with van der Waals surface area (Å²) in [6, 6.07) is 10.7. The minimum Gasteiger partial charge on any atom is -0.506 e. The van der Waals surface area contributed by atoms with Crippen LogP contribution >= 0.6 is 0 Å². The van der Waals surface area contributed by atoms with Gasteiger partial charge < -0.3 is 20.7 Å². The molecular weight excluding hydrogens is 558 g/mol. The Morgan fingerprint density at radius 1 is 1.10 bits per heavy atom. The van der Waals surface area contributed by atoms with Crippen molar-refractivity contribution in [2.45, 2.75) is 48.6 Å². The molecule has 0 spiro atoms. The third-order valence-corrected chi connectivity index (χ3v) is 9.39. The minimum absolute atomic E-state index is 0.0145. The molecule has 6 heterocycles. The van der Waals surface area contributed by atoms with Gasteiger partial charge in [0.15, 0.2) is 15.5 Å². The first-order valence-electron chi connectivity index (χ1n) is 13.5. The van der Waals surface area contributed by atoms with Gasteiger partial charge in [-0.2, -0.15) is 9.61 Å². The number of nitrogens with two attached hydrogens (primary N) is 1. The summed E-state index contributed by atoms with van der Waals surface area (Å²) in [5.41, 5.74) is 9.52. The molecule has 2 bridgehead atoms. The molecule has 42 heavy (non-hydrogen) atoms. The highest BCUT2D eigenvalue weighted by Crippen LogP contribution is 2.46. The van der Waals surface area contributed by atoms with E-state index in [0.29, 0.717) is 41.0 Å². The number of hydrogen-bond acceptors (Lipinski definition) is 10. The number of fused-ring (bicyclic) bond motifs is 3. The molecule has 4 aromatic heterocycles. The molecule has 1 aromatic carbocycles. The molecule has 214 valence electrons. The van der Waals surface area contributed by atoms with E-state index in [9.17, 15) is 18.3 Å². The van der Waals surface area contributed by atoms with E-state index in [-0.39, 0.29) is 46.2 Å². The molecule has 2 saturated heterocycles. The fourth-order valence-electron chi connectivity index (χ4n) is 6.46. The number of carbonyl (C=O) groups is 1. The maximum Gasteiger partial charge on any atom is 0.292 e. The van der Waals surface area contributed by atoms with Crippen molar-refractivity contribution in [2.75, 3.05) is 12.0 Å². The molecule has 14 heteroatoms. The predicted molar refractivity (Wildman–Crippen MR) is 152 cm³/mol. The quantitative estimate of drug-likeness (QED) is 0.277. The highest BCUT2D eigenvalue weighted by atomic mass is 32.2. The summed E-state index contributed by atoms with van der Waals surface area (Å²) in [5.74, 6) is -0.333. The van der Waals surface area contributed by atoms with Crippen LogP contribution in [0.1, 0.15) is 47.9 Å². The van der Waals surface area contributed by atoms with E-state index in [1.807, 2.05) is 35.2 Å². The molecule has 0 saturated carbocycles. The number of pyridine rings is 1. The van der Waals surface area contributed by atoms with Gasteiger partial charge in [-0.25, -0.2) is 13.4 Å². The average molecular weight is 586 g/mol. The van der Waals surface area contributed by atoms with Crippen LogP contribution in [0.5, 0.6) is 5.75 Å². The standard InChI is InChI=1S/C28H27N9O4S/c1-42(40,41)24-23(16-9-18-7-8-19(10-16)36(18)28(39)26-31-14-32-35-26)34-27-20(13-33-37(27)25(24)29)17-11-21(38)22(30-12-17)15-5-3-2-4-6-15/h2-6,11-14,16,18-19,38H,7-10,29H2,1H3,(H,31,32,35)/t16-,18-,19+. The molecule has 2 aliphatic rings. The van der Waals surface area contributed by atoms with Crippen molar-refractivity contribution in [2.24, 2.45) is 0 Å². The molecule has 5 aromatic rings. The summed E-state index contributed by atoms with van der Waals surface area (Å²) < 4.78 is 27.5. The summed E-state index contributed by atoms with van der Waals surface area (Å²) in [6.45, 7) is 0. The maximum absolute atomic E-state index is 13.2. The number of anilines is 1. The monoisotopic (exact) mass is 585 g/mol. The Kier molecular flexibility index (Phi) is 5.97. The third-order valence-electron chi connectivity index (χ3n) is 8.23. The molecule has 0 radical (unpaired) electrons. The lowest BCUT2D eigenvalue weighted by atomic mass is 9.87. The van der Waals surface area contributed by atoms with Crippen molar-refractivity contribution in [3.63, 3.8) is 0 Å². The fourth-order valence-corrected chi connectivity index (χ4v) is 7.52. The number of hydrogen-bond donors (Lipinski definition) is 3. The lowest BCUT2D eigenvalue weighted by Gasteiger charge is -2.38. The summed E-state index contributed by atoms with van der Waals surface area (Å²) in [6.07, 6.45) is 8.28. The van der Waals surface area contributed by atoms with Gasteiger partial charge in [-0.15, -0.1) is 10.2 Å². The summed E-state index contributed by atoms with van der Waals surface area (Å²) in [4.78, 5) is 27.1. The number of piperidine rings is 1. The molecule has 0 aliphatic carbocycles. The van der Waals surface area contributed by atoms with E-state index in [0.717, 1.165) is 24.7 Å². The first kappa shape index (κ1) is 26.1. The highest BCUT2D eigenvalue weighted by Gasteiger charge is 2.46. The number of nitrogens with one attached hydrogen (secondary N) is 1. The van der Waals surface area contributed by atoms with Crippen molar-refractivity contribution < 1.29 is 18.3 Å². The number of rotatable bonds is 5. The Bertz CT molecular complexity index is 1930. The van der Waals surface area contributed by atoms with E-state index < -0.39 is 9.84 Å². The fraction of sp³-hybridized carbons (Fsp3) is 0.286. The van der Waals surface area contributed by atoms with E-state index >= 15 is 0 Å². The Morgan fingerprint density at radius 2 is 1.83 bits per heavy atom. The number of nitrogen functional groups attached to an aromatic ring is 1. The van der Waals surface area contributed by atoms with Crippen LogP contribution in [-0.2, 0) is 9.84 Å². The van der Waals surface area contributed by atoms with Crippen molar-refractivity contribution in [1.29, 1.82) is 0 Å². The maximum atomic E-state index is 13.2. The van der Waals surface area contributed by atoms with Gasteiger partial charge in [-0.1, -0.05) is 30.3 Å². The molecule has 2 aliphatic heterocycles. The number of aromatic amines is 1. The highest BCUT2D eigenvalue weighted by molar-refractivity contribution is 7.91. The lowest BCUT2D eigenvalue weighted by molar-refractivity contribution is 0.0556. The van der Waals surface area contributed by atoms with Crippen LogP contribution in [0.25, 0.3) is 28.0 Å². The van der Waals surface area contributed by atoms with Gasteiger partial charge in [-0.3, -0.25) is 9.78 Å². The van der Waals surface area contributed by atoms with Crippen LogP contribution in [0.4, 0.5) is 5.82 Å². The largest absolute Gasteiger partial charge is 0.506 e. The van der Waals surface area contributed by atoms with Crippen LogP contribution < -0.4 is 5.73 Å². The normalized spacial score (nSPS) is 20.3. The average Bonchev–Trinajstić information content (AvgIpc) is 3.71. The Labute approximate surface area is 240 Å². The molecule has 0 unspecified atom stereocenters. The topological polar surface area (TPSA) is 185 Å². The second-order valence-electron chi connectivity index (χ2n) is 10.8. The molecule has 1 amide bonds. The number of nitrogens with zero attached hydrogens (tertiary/aromatic N) is 7. The number of aromatic hydroxyl groups is 1. The first-order chi connectivity index (χ1) is 20.2. The minimum atomic E-state index is -3.79. The lowest BCUT2D eigenvalue weighted by Crippen LogP contribution is -2.46. The Hall–Kier alpha value is -4.85. The predicted octanol–water partition coefficient (Wildman–Crippen LogP) is 2.82. The number of H-pyrrole nitrogens is 1. The van der Waals surface area contributed by atoms with Crippen molar-refractivity contribution in [1.82, 2.24) is 39.7 Å². The first-order valence-corrected chi connectivity index (χ1v) is 15.4. The zero-order valence-corrected chi connectivity index (χ0v) is 23.4. The van der Waals surface area contributed by atoms with E-state index in [2.05, 4.69) is 25.3 Å². The zero-order valence-electron chi connectivity index (χ0n) is 22.5. The Balaban J connectivity index is 1.30. The van der Waals surface area contributed by atoms with Crippen molar-refractivity contribution in [3.8, 4) is 28.1 Å². The zero-order chi connectivity index (χ0) is 29.2. The molecular formula is C28H27N9O4S. The van der Waals surface area contributed by atoms with Crippen LogP contribution in [0.15, 0.2) is 60.0 Å². The van der Waals surface area contributed by atoms with Gasteiger partial charge in [0.05, 0.1) is 11.9 Å². The summed E-state index contributed by atoms with van der Waals surface area (Å²) in [5, 5.41) is 22.8. The van der Waals surface area contributed by atoms with Crippen molar-refractivity contribution >= 4 is 27.2 Å². The number of aromatic nitrogens is 7. The molecule has 3 atom stereocenters. The Morgan fingerprint density at radius 3 is 2.48 bits per heavy atom. The number of amides is 1.